The normalized spacial score (nSPS) is 15.4. The molecule has 1 aliphatic carbocycles. The first-order valence-corrected chi connectivity index (χ1v) is 12.1. The van der Waals surface area contributed by atoms with Crippen molar-refractivity contribution in [2.45, 2.75) is 51.9 Å². The van der Waals surface area contributed by atoms with Crippen LogP contribution in [0.1, 0.15) is 57.4 Å². The van der Waals surface area contributed by atoms with Crippen molar-refractivity contribution in [1.82, 2.24) is 5.32 Å². The van der Waals surface area contributed by atoms with Gasteiger partial charge in [0.1, 0.15) is 17.2 Å². The SMILES string of the molecule is CCCCC(C(=O)NC(=Cc1ccc(Oc2ccccc2Br)cc1)C(=O)O)C1CCCC1. The van der Waals surface area contributed by atoms with Gasteiger partial charge in [0.15, 0.2) is 0 Å². The Morgan fingerprint density at radius 1 is 1.16 bits per heavy atom. The summed E-state index contributed by atoms with van der Waals surface area (Å²) in [5, 5.41) is 12.4. The van der Waals surface area contributed by atoms with Gasteiger partial charge in [0.05, 0.1) is 4.47 Å². The first-order valence-electron chi connectivity index (χ1n) is 11.3. The molecule has 2 aromatic rings. The standard InChI is InChI=1S/C26H30BrNO4/c1-2-3-10-21(19-8-4-5-9-19)25(29)28-23(26(30)31)17-18-13-15-20(16-14-18)32-24-12-7-6-11-22(24)27/h6-7,11-17,19,21H,2-5,8-10H2,1H3,(H,28,29)(H,30,31). The van der Waals surface area contributed by atoms with Crippen LogP contribution in [0.25, 0.3) is 6.08 Å². The van der Waals surface area contributed by atoms with Gasteiger partial charge in [0.2, 0.25) is 5.91 Å². The van der Waals surface area contributed by atoms with Crippen molar-refractivity contribution in [2.24, 2.45) is 11.8 Å². The van der Waals surface area contributed by atoms with E-state index in [2.05, 4.69) is 28.2 Å². The molecular weight excluding hydrogens is 470 g/mol. The van der Waals surface area contributed by atoms with E-state index in [1.54, 1.807) is 24.3 Å². The van der Waals surface area contributed by atoms with E-state index in [4.69, 9.17) is 4.74 Å². The number of amides is 1. The second-order valence-electron chi connectivity index (χ2n) is 8.25. The molecule has 0 bridgehead atoms. The molecule has 0 aliphatic heterocycles. The third kappa shape index (κ3) is 6.70. The zero-order valence-electron chi connectivity index (χ0n) is 18.4. The Labute approximate surface area is 198 Å². The van der Waals surface area contributed by atoms with Crippen molar-refractivity contribution in [2.75, 3.05) is 0 Å². The number of benzene rings is 2. The van der Waals surface area contributed by atoms with Crippen LogP contribution in [0.2, 0.25) is 0 Å². The summed E-state index contributed by atoms with van der Waals surface area (Å²) in [6.07, 6.45) is 8.69. The van der Waals surface area contributed by atoms with E-state index in [9.17, 15) is 14.7 Å². The fourth-order valence-electron chi connectivity index (χ4n) is 4.19. The summed E-state index contributed by atoms with van der Waals surface area (Å²) in [4.78, 5) is 24.8. The van der Waals surface area contributed by atoms with E-state index in [1.807, 2.05) is 24.3 Å². The molecule has 0 heterocycles. The number of halogens is 1. The number of nitrogens with one attached hydrogen (secondary N) is 1. The minimum absolute atomic E-state index is 0.103. The Balaban J connectivity index is 1.71. The second kappa shape index (κ2) is 11.9. The third-order valence-corrected chi connectivity index (χ3v) is 6.57. The summed E-state index contributed by atoms with van der Waals surface area (Å²) in [5.74, 6) is 0.237. The van der Waals surface area contributed by atoms with Gasteiger partial charge in [-0.1, -0.05) is 56.9 Å². The van der Waals surface area contributed by atoms with Crippen LogP contribution < -0.4 is 10.1 Å². The summed E-state index contributed by atoms with van der Waals surface area (Å²) in [7, 11) is 0. The predicted octanol–water partition coefficient (Wildman–Crippen LogP) is 6.78. The molecule has 0 aromatic heterocycles. The van der Waals surface area contributed by atoms with E-state index in [-0.39, 0.29) is 17.5 Å². The fourth-order valence-corrected chi connectivity index (χ4v) is 4.56. The lowest BCUT2D eigenvalue weighted by Gasteiger charge is -2.22. The summed E-state index contributed by atoms with van der Waals surface area (Å²) in [6.45, 7) is 2.11. The number of hydrogen-bond acceptors (Lipinski definition) is 3. The van der Waals surface area contributed by atoms with Crippen molar-refractivity contribution in [1.29, 1.82) is 0 Å². The molecule has 6 heteroatoms. The molecule has 0 saturated heterocycles. The van der Waals surface area contributed by atoms with Crippen LogP contribution in [0.3, 0.4) is 0 Å². The molecule has 1 amide bonds. The molecular formula is C26H30BrNO4. The summed E-state index contributed by atoms with van der Waals surface area (Å²) in [5.41, 5.74) is 0.571. The minimum atomic E-state index is -1.15. The highest BCUT2D eigenvalue weighted by atomic mass is 79.9. The molecule has 1 saturated carbocycles. The van der Waals surface area contributed by atoms with Gasteiger partial charge in [-0.05, 0) is 77.0 Å². The minimum Gasteiger partial charge on any atom is -0.477 e. The van der Waals surface area contributed by atoms with Crippen LogP contribution in [-0.4, -0.2) is 17.0 Å². The molecule has 1 atom stereocenters. The molecule has 3 rings (SSSR count). The van der Waals surface area contributed by atoms with E-state index in [0.717, 1.165) is 49.4 Å². The Hall–Kier alpha value is -2.60. The number of rotatable bonds is 10. The maximum absolute atomic E-state index is 13.0. The lowest BCUT2D eigenvalue weighted by Crippen LogP contribution is -2.36. The lowest BCUT2D eigenvalue weighted by atomic mass is 9.86. The average Bonchev–Trinajstić information content (AvgIpc) is 3.31. The van der Waals surface area contributed by atoms with E-state index >= 15 is 0 Å². The summed E-state index contributed by atoms with van der Waals surface area (Å²) < 4.78 is 6.70. The highest BCUT2D eigenvalue weighted by Crippen LogP contribution is 2.34. The average molecular weight is 500 g/mol. The van der Waals surface area contributed by atoms with Crippen LogP contribution in [-0.2, 0) is 9.59 Å². The van der Waals surface area contributed by atoms with Gasteiger partial charge in [0, 0.05) is 5.92 Å². The second-order valence-corrected chi connectivity index (χ2v) is 9.10. The molecule has 1 aliphatic rings. The molecule has 2 N–H and O–H groups in total. The Kier molecular flexibility index (Phi) is 8.91. The van der Waals surface area contributed by atoms with Gasteiger partial charge in [-0.3, -0.25) is 4.79 Å². The predicted molar refractivity (Wildman–Crippen MR) is 129 cm³/mol. The smallest absolute Gasteiger partial charge is 0.352 e. The fraction of sp³-hybridized carbons (Fsp3) is 0.385. The highest BCUT2D eigenvalue weighted by Gasteiger charge is 2.31. The van der Waals surface area contributed by atoms with E-state index < -0.39 is 5.97 Å². The van der Waals surface area contributed by atoms with Crippen molar-refractivity contribution in [3.63, 3.8) is 0 Å². The number of hydrogen-bond donors (Lipinski definition) is 2. The van der Waals surface area contributed by atoms with Crippen molar-refractivity contribution >= 4 is 33.9 Å². The number of unbranched alkanes of at least 4 members (excludes halogenated alkanes) is 1. The number of aliphatic carboxylic acids is 1. The maximum Gasteiger partial charge on any atom is 0.352 e. The Morgan fingerprint density at radius 3 is 2.47 bits per heavy atom. The van der Waals surface area contributed by atoms with Gasteiger partial charge in [-0.25, -0.2) is 4.79 Å². The van der Waals surface area contributed by atoms with Gasteiger partial charge >= 0.3 is 5.97 Å². The van der Waals surface area contributed by atoms with Gasteiger partial charge in [-0.2, -0.15) is 0 Å². The van der Waals surface area contributed by atoms with Crippen LogP contribution in [0.4, 0.5) is 0 Å². The van der Waals surface area contributed by atoms with Crippen LogP contribution >= 0.6 is 15.9 Å². The summed E-state index contributed by atoms with van der Waals surface area (Å²) in [6, 6.07) is 14.6. The molecule has 2 aromatic carbocycles. The molecule has 0 radical (unpaired) electrons. The van der Waals surface area contributed by atoms with Gasteiger partial charge < -0.3 is 15.2 Å². The zero-order chi connectivity index (χ0) is 22.9. The Morgan fingerprint density at radius 2 is 1.84 bits per heavy atom. The monoisotopic (exact) mass is 499 g/mol. The number of carbonyl (C=O) groups excluding carboxylic acids is 1. The zero-order valence-corrected chi connectivity index (χ0v) is 19.9. The summed E-state index contributed by atoms with van der Waals surface area (Å²) >= 11 is 3.45. The van der Waals surface area contributed by atoms with Crippen molar-refractivity contribution < 1.29 is 19.4 Å². The quantitative estimate of drug-likeness (QED) is 0.353. The number of para-hydroxylation sites is 1. The molecule has 1 fully saturated rings. The van der Waals surface area contributed by atoms with Crippen LogP contribution in [0.5, 0.6) is 11.5 Å². The lowest BCUT2D eigenvalue weighted by molar-refractivity contribution is -0.135. The third-order valence-electron chi connectivity index (χ3n) is 5.92. The van der Waals surface area contributed by atoms with Crippen LogP contribution in [0, 0.1) is 11.8 Å². The molecule has 0 spiro atoms. The first-order chi connectivity index (χ1) is 15.5. The number of carboxylic acid groups (broad SMARTS) is 1. The van der Waals surface area contributed by atoms with Crippen molar-refractivity contribution in [3.8, 4) is 11.5 Å². The molecule has 1 unspecified atom stereocenters. The van der Waals surface area contributed by atoms with Crippen molar-refractivity contribution in [3.05, 3.63) is 64.3 Å². The Bertz CT molecular complexity index is 949. The number of carbonyl (C=O) groups is 2. The van der Waals surface area contributed by atoms with Gasteiger partial charge in [0.25, 0.3) is 0 Å². The number of carboxylic acids is 1. The molecule has 32 heavy (non-hydrogen) atoms. The first kappa shape index (κ1) is 24.1. The largest absolute Gasteiger partial charge is 0.477 e. The van der Waals surface area contributed by atoms with Crippen LogP contribution in [0.15, 0.2) is 58.7 Å². The number of ether oxygens (including phenoxy) is 1. The van der Waals surface area contributed by atoms with E-state index in [1.165, 1.54) is 6.08 Å². The molecule has 5 nitrogen and oxygen atoms in total. The topological polar surface area (TPSA) is 75.6 Å². The maximum atomic E-state index is 13.0. The molecule has 170 valence electrons. The van der Waals surface area contributed by atoms with E-state index in [0.29, 0.717) is 23.0 Å². The highest BCUT2D eigenvalue weighted by molar-refractivity contribution is 9.10. The van der Waals surface area contributed by atoms with Gasteiger partial charge in [-0.15, -0.1) is 0 Å².